The zero-order chi connectivity index (χ0) is 22.6. The molecule has 2 heterocycles. The lowest BCUT2D eigenvalue weighted by molar-refractivity contribution is -0.137. The minimum Gasteiger partial charge on any atom is -0.506 e. The summed E-state index contributed by atoms with van der Waals surface area (Å²) in [4.78, 5) is 16.9. The Morgan fingerprint density at radius 1 is 1.26 bits per heavy atom. The third-order valence-electron chi connectivity index (χ3n) is 4.88. The first kappa shape index (κ1) is 21.2. The van der Waals surface area contributed by atoms with Gasteiger partial charge in [0.2, 0.25) is 0 Å². The summed E-state index contributed by atoms with van der Waals surface area (Å²) in [6.07, 6.45) is -2.26. The summed E-state index contributed by atoms with van der Waals surface area (Å²) in [7, 11) is -4.31. The number of rotatable bonds is 5. The van der Waals surface area contributed by atoms with E-state index < -0.39 is 51.7 Å². The van der Waals surface area contributed by atoms with Gasteiger partial charge in [-0.15, -0.1) is 0 Å². The maximum absolute atomic E-state index is 14.7. The number of hydrogen-bond donors (Lipinski definition) is 2. The fraction of sp³-hybridized carbons (Fsp3) is 0.333. The standard InChI is InChI=1S/C18H16F4N4O4S/c19-13-5-10(6-14(27)17(13)26-9-16(28)24-31(26,29)30)8-25(12-2-3-12)15-4-1-11(7-23-15)18(20,21)22/h1,4-7,12,27H,2-3,8-9H2,(H,24,28). The molecule has 13 heteroatoms. The molecule has 1 aromatic heterocycles. The largest absolute Gasteiger partial charge is 0.506 e. The van der Waals surface area contributed by atoms with Gasteiger partial charge in [-0.3, -0.25) is 4.79 Å². The van der Waals surface area contributed by atoms with Gasteiger partial charge in [-0.05, 0) is 42.7 Å². The van der Waals surface area contributed by atoms with E-state index in [2.05, 4.69) is 4.98 Å². The van der Waals surface area contributed by atoms with Gasteiger partial charge in [0.15, 0.2) is 5.82 Å². The van der Waals surface area contributed by atoms with Crippen LogP contribution in [0.2, 0.25) is 0 Å². The van der Waals surface area contributed by atoms with Crippen LogP contribution in [0.1, 0.15) is 24.0 Å². The fourth-order valence-corrected chi connectivity index (χ4v) is 4.50. The average molecular weight is 460 g/mol. The molecular formula is C18H16F4N4O4S. The molecule has 8 nitrogen and oxygen atoms in total. The Labute approximate surface area is 174 Å². The van der Waals surface area contributed by atoms with E-state index in [1.165, 1.54) is 6.07 Å². The molecule has 0 bridgehead atoms. The van der Waals surface area contributed by atoms with Crippen LogP contribution in [0.25, 0.3) is 0 Å². The van der Waals surface area contributed by atoms with Crippen LogP contribution in [0.15, 0.2) is 30.5 Å². The smallest absolute Gasteiger partial charge is 0.417 e. The van der Waals surface area contributed by atoms with E-state index in [-0.39, 0.29) is 24.0 Å². The fourth-order valence-electron chi connectivity index (χ4n) is 3.33. The van der Waals surface area contributed by atoms with Crippen LogP contribution >= 0.6 is 0 Å². The van der Waals surface area contributed by atoms with E-state index in [4.69, 9.17) is 0 Å². The maximum Gasteiger partial charge on any atom is 0.417 e. The molecule has 0 unspecified atom stereocenters. The lowest BCUT2D eigenvalue weighted by atomic mass is 10.1. The SMILES string of the molecule is O=C1CN(c2c(O)cc(CN(c3ccc(C(F)(F)F)cn3)C3CC3)cc2F)S(=O)(=O)N1. The van der Waals surface area contributed by atoms with Gasteiger partial charge in [-0.1, -0.05) is 0 Å². The Kier molecular flexibility index (Phi) is 4.95. The number of phenols is 1. The van der Waals surface area contributed by atoms with Crippen LogP contribution in [0.5, 0.6) is 5.75 Å². The zero-order valence-electron chi connectivity index (χ0n) is 15.7. The highest BCUT2D eigenvalue weighted by Gasteiger charge is 2.38. The molecule has 0 radical (unpaired) electrons. The normalized spacial score (nSPS) is 18.2. The number of aromatic hydroxyl groups is 1. The van der Waals surface area contributed by atoms with Gasteiger partial charge in [0.1, 0.15) is 23.8 Å². The number of aromatic nitrogens is 1. The summed E-state index contributed by atoms with van der Waals surface area (Å²) in [5, 5.41) is 10.3. The van der Waals surface area contributed by atoms with Gasteiger partial charge in [0, 0.05) is 18.8 Å². The Balaban J connectivity index is 1.61. The van der Waals surface area contributed by atoms with Gasteiger partial charge in [0.25, 0.3) is 5.91 Å². The van der Waals surface area contributed by atoms with E-state index >= 15 is 0 Å². The molecule has 2 N–H and O–H groups in total. The van der Waals surface area contributed by atoms with Crippen molar-refractivity contribution in [1.29, 1.82) is 0 Å². The number of nitrogens with one attached hydrogen (secondary N) is 1. The van der Waals surface area contributed by atoms with Gasteiger partial charge < -0.3 is 10.0 Å². The Hall–Kier alpha value is -3.09. The number of anilines is 2. The minimum atomic E-state index is -4.52. The predicted octanol–water partition coefficient (Wildman–Crippen LogP) is 2.30. The second-order valence-corrected chi connectivity index (χ2v) is 8.84. The van der Waals surface area contributed by atoms with Crippen LogP contribution in [0, 0.1) is 5.82 Å². The summed E-state index contributed by atoms with van der Waals surface area (Å²) in [6, 6.07) is 4.28. The highest BCUT2D eigenvalue weighted by molar-refractivity contribution is 7.92. The Morgan fingerprint density at radius 3 is 2.45 bits per heavy atom. The average Bonchev–Trinajstić information content (AvgIpc) is 3.44. The summed E-state index contributed by atoms with van der Waals surface area (Å²) in [5.74, 6) is -2.36. The second kappa shape index (κ2) is 7.25. The van der Waals surface area contributed by atoms with Gasteiger partial charge >= 0.3 is 16.4 Å². The lowest BCUT2D eigenvalue weighted by Gasteiger charge is -2.25. The van der Waals surface area contributed by atoms with Crippen LogP contribution in [0.3, 0.4) is 0 Å². The molecule has 1 aliphatic carbocycles. The van der Waals surface area contributed by atoms with Crippen molar-refractivity contribution in [2.45, 2.75) is 31.6 Å². The van der Waals surface area contributed by atoms with Crippen molar-refractivity contribution in [1.82, 2.24) is 9.71 Å². The van der Waals surface area contributed by atoms with Gasteiger partial charge in [-0.2, -0.15) is 21.6 Å². The molecule has 1 aromatic carbocycles. The maximum atomic E-state index is 14.7. The number of pyridine rings is 1. The molecule has 0 spiro atoms. The molecule has 2 aliphatic rings. The van der Waals surface area contributed by atoms with E-state index in [1.54, 1.807) is 9.62 Å². The molecule has 1 saturated carbocycles. The first-order valence-electron chi connectivity index (χ1n) is 9.10. The molecule has 166 valence electrons. The Bertz CT molecular complexity index is 1110. The van der Waals surface area contributed by atoms with E-state index in [0.29, 0.717) is 10.5 Å². The molecule has 2 fully saturated rings. The number of nitrogens with zero attached hydrogens (tertiary/aromatic N) is 3. The summed E-state index contributed by atoms with van der Waals surface area (Å²) < 4.78 is 79.1. The highest BCUT2D eigenvalue weighted by atomic mass is 32.2. The number of carbonyl (C=O) groups excluding carboxylic acids is 1. The first-order chi connectivity index (χ1) is 14.5. The van der Waals surface area contributed by atoms with Gasteiger partial charge in [0.05, 0.1) is 5.56 Å². The molecule has 0 atom stereocenters. The predicted molar refractivity (Wildman–Crippen MR) is 101 cm³/mol. The molecule has 1 aliphatic heterocycles. The quantitative estimate of drug-likeness (QED) is 0.664. The van der Waals surface area contributed by atoms with Gasteiger partial charge in [-0.25, -0.2) is 18.4 Å². The van der Waals surface area contributed by atoms with Crippen molar-refractivity contribution in [2.75, 3.05) is 15.7 Å². The number of benzene rings is 1. The topological polar surface area (TPSA) is 103 Å². The van der Waals surface area contributed by atoms with Crippen molar-refractivity contribution in [3.05, 3.63) is 47.4 Å². The molecule has 31 heavy (non-hydrogen) atoms. The summed E-state index contributed by atoms with van der Waals surface area (Å²) >= 11 is 0. The van der Waals surface area contributed by atoms with E-state index in [0.717, 1.165) is 31.0 Å². The Morgan fingerprint density at radius 2 is 1.97 bits per heavy atom. The van der Waals surface area contributed by atoms with Crippen LogP contribution in [-0.2, 0) is 27.7 Å². The number of hydrogen-bond acceptors (Lipinski definition) is 6. The minimum absolute atomic E-state index is 0.00472. The molecule has 1 amide bonds. The van der Waals surface area contributed by atoms with Crippen molar-refractivity contribution >= 4 is 27.6 Å². The number of amides is 1. The molecule has 2 aromatic rings. The van der Waals surface area contributed by atoms with Crippen molar-refractivity contribution < 1.29 is 35.9 Å². The monoisotopic (exact) mass is 460 g/mol. The third-order valence-corrected chi connectivity index (χ3v) is 6.26. The number of halogens is 4. The number of phenolic OH excluding ortho intramolecular Hbond substituents is 1. The third kappa shape index (κ3) is 4.22. The molecular weight excluding hydrogens is 444 g/mol. The van der Waals surface area contributed by atoms with Crippen LogP contribution < -0.4 is 13.9 Å². The van der Waals surface area contributed by atoms with E-state index in [1.807, 2.05) is 0 Å². The second-order valence-electron chi connectivity index (χ2n) is 7.24. The van der Waals surface area contributed by atoms with Crippen molar-refractivity contribution in [3.63, 3.8) is 0 Å². The van der Waals surface area contributed by atoms with Crippen LogP contribution in [-0.4, -0.2) is 37.0 Å². The highest BCUT2D eigenvalue weighted by Crippen LogP contribution is 2.37. The zero-order valence-corrected chi connectivity index (χ0v) is 16.5. The number of carbonyl (C=O) groups is 1. The lowest BCUT2D eigenvalue weighted by Crippen LogP contribution is -2.30. The van der Waals surface area contributed by atoms with Crippen molar-refractivity contribution in [3.8, 4) is 5.75 Å². The van der Waals surface area contributed by atoms with Crippen LogP contribution in [0.4, 0.5) is 29.1 Å². The van der Waals surface area contributed by atoms with E-state index in [9.17, 15) is 35.9 Å². The molecule has 4 rings (SSSR count). The van der Waals surface area contributed by atoms with Crippen molar-refractivity contribution in [2.24, 2.45) is 0 Å². The molecule has 1 saturated heterocycles. The number of alkyl halides is 3. The summed E-state index contributed by atoms with van der Waals surface area (Å²) in [6.45, 7) is -0.645. The summed E-state index contributed by atoms with van der Waals surface area (Å²) in [5.41, 5.74) is -1.30. The first-order valence-corrected chi connectivity index (χ1v) is 10.5.